The van der Waals surface area contributed by atoms with E-state index in [9.17, 15) is 12.8 Å². The summed E-state index contributed by atoms with van der Waals surface area (Å²) in [6.45, 7) is 0. The Balaban J connectivity index is 2.70. The highest BCUT2D eigenvalue weighted by Gasteiger charge is 2.26. The Labute approximate surface area is 141 Å². The third kappa shape index (κ3) is 3.99. The minimum atomic E-state index is -4.09. The predicted molar refractivity (Wildman–Crippen MR) is 86.1 cm³/mol. The molecule has 0 amide bonds. The molecule has 1 aromatic carbocycles. The summed E-state index contributed by atoms with van der Waals surface area (Å²) in [6, 6.07) is 4.56. The molecule has 0 unspecified atom stereocenters. The first-order valence-corrected chi connectivity index (χ1v) is 8.57. The summed E-state index contributed by atoms with van der Waals surface area (Å²) in [5.74, 6) is -0.546. The molecule has 1 atom stereocenters. The summed E-state index contributed by atoms with van der Waals surface area (Å²) in [6.07, 6.45) is -1.75. The Bertz CT molecular complexity index is 864. The van der Waals surface area contributed by atoms with Crippen molar-refractivity contribution in [3.63, 3.8) is 0 Å². The lowest BCUT2D eigenvalue weighted by molar-refractivity contribution is 0.0721. The van der Waals surface area contributed by atoms with E-state index in [4.69, 9.17) is 34.7 Å². The summed E-state index contributed by atoms with van der Waals surface area (Å²) in [7, 11) is -4.09. The van der Waals surface area contributed by atoms with Gasteiger partial charge < -0.3 is 11.5 Å². The van der Waals surface area contributed by atoms with Gasteiger partial charge in [-0.15, -0.1) is 0 Å². The molecule has 0 radical (unpaired) electrons. The topological polar surface area (TPSA) is 121 Å². The first-order valence-electron chi connectivity index (χ1n) is 5.99. The van der Waals surface area contributed by atoms with Crippen LogP contribution in [0.4, 0.5) is 16.2 Å². The van der Waals surface area contributed by atoms with Gasteiger partial charge >= 0.3 is 0 Å². The van der Waals surface area contributed by atoms with Crippen molar-refractivity contribution >= 4 is 45.1 Å². The average Bonchev–Trinajstić information content (AvgIpc) is 2.40. The smallest absolute Gasteiger partial charge is 0.267 e. The number of halogens is 3. The number of nitrogen functional groups attached to an aromatic ring is 2. The van der Waals surface area contributed by atoms with Crippen molar-refractivity contribution in [3.8, 4) is 11.1 Å². The molecule has 2 rings (SSSR count). The second kappa shape index (κ2) is 6.44. The van der Waals surface area contributed by atoms with Crippen LogP contribution in [-0.4, -0.2) is 24.6 Å². The number of hydrogen-bond donors (Lipinski definition) is 2. The molecule has 7 nitrogen and oxygen atoms in total. The summed E-state index contributed by atoms with van der Waals surface area (Å²) in [5.41, 5.74) is 10.9. The third-order valence-corrected chi connectivity index (χ3v) is 4.01. The van der Waals surface area contributed by atoms with Crippen LogP contribution in [0.3, 0.4) is 0 Å². The predicted octanol–water partition coefficient (Wildman–Crippen LogP) is 2.56. The van der Waals surface area contributed by atoms with E-state index in [-0.39, 0.29) is 32.9 Å². The van der Waals surface area contributed by atoms with E-state index < -0.39 is 22.2 Å². The van der Waals surface area contributed by atoms with Crippen LogP contribution in [0.25, 0.3) is 11.1 Å². The molecule has 4 N–H and O–H groups in total. The molecule has 124 valence electrons. The van der Waals surface area contributed by atoms with E-state index in [1.807, 2.05) is 0 Å². The van der Waals surface area contributed by atoms with Gasteiger partial charge in [-0.1, -0.05) is 35.3 Å². The van der Waals surface area contributed by atoms with Crippen molar-refractivity contribution in [1.29, 1.82) is 0 Å². The van der Waals surface area contributed by atoms with E-state index in [0.717, 1.165) is 0 Å². The molecular formula is C12H11Cl2FN4O3S. The van der Waals surface area contributed by atoms with Gasteiger partial charge in [-0.3, -0.25) is 0 Å². The van der Waals surface area contributed by atoms with Gasteiger partial charge in [0.15, 0.2) is 0 Å². The first kappa shape index (κ1) is 17.7. The zero-order valence-electron chi connectivity index (χ0n) is 11.6. The number of rotatable bonds is 4. The van der Waals surface area contributed by atoms with Crippen molar-refractivity contribution < 1.29 is 17.0 Å². The van der Waals surface area contributed by atoms with E-state index >= 15 is 0 Å². The van der Waals surface area contributed by atoms with Crippen LogP contribution in [0.15, 0.2) is 18.2 Å². The minimum Gasteiger partial charge on any atom is -0.383 e. The highest BCUT2D eigenvalue weighted by atomic mass is 35.5. The molecule has 0 aliphatic heterocycles. The molecule has 0 saturated carbocycles. The molecule has 0 aliphatic carbocycles. The van der Waals surface area contributed by atoms with E-state index in [1.54, 1.807) is 6.07 Å². The van der Waals surface area contributed by atoms with Crippen molar-refractivity contribution in [2.45, 2.75) is 6.36 Å². The number of benzene rings is 1. The van der Waals surface area contributed by atoms with Gasteiger partial charge in [-0.25, -0.2) is 13.6 Å². The molecule has 2 aromatic rings. The number of anilines is 2. The maximum absolute atomic E-state index is 14.3. The maximum atomic E-state index is 14.3. The number of aromatic nitrogens is 2. The second-order valence-electron chi connectivity index (χ2n) is 4.45. The fourth-order valence-electron chi connectivity index (χ4n) is 1.85. The highest BCUT2D eigenvalue weighted by Crippen LogP contribution is 2.40. The Morgan fingerprint density at radius 2 is 1.91 bits per heavy atom. The summed E-state index contributed by atoms with van der Waals surface area (Å²) >= 11 is 12.0. The minimum absolute atomic E-state index is 0.0529. The highest BCUT2D eigenvalue weighted by molar-refractivity contribution is 7.85. The number of hydrogen-bond acceptors (Lipinski definition) is 7. The van der Waals surface area contributed by atoms with Crippen LogP contribution in [0.5, 0.6) is 0 Å². The summed E-state index contributed by atoms with van der Waals surface area (Å²) in [4.78, 5) is 7.42. The molecule has 0 aliphatic rings. The van der Waals surface area contributed by atoms with Crippen LogP contribution >= 0.6 is 23.2 Å². The maximum Gasteiger partial charge on any atom is 0.267 e. The Morgan fingerprint density at radius 1 is 1.26 bits per heavy atom. The quantitative estimate of drug-likeness (QED) is 0.781. The molecule has 23 heavy (non-hydrogen) atoms. The van der Waals surface area contributed by atoms with Gasteiger partial charge in [-0.2, -0.15) is 13.4 Å². The fraction of sp³-hybridized carbons (Fsp3) is 0.167. The Morgan fingerprint density at radius 3 is 2.52 bits per heavy atom. The van der Waals surface area contributed by atoms with Crippen molar-refractivity contribution in [2.75, 3.05) is 17.7 Å². The third-order valence-electron chi connectivity index (χ3n) is 2.68. The second-order valence-corrected chi connectivity index (χ2v) is 6.83. The van der Waals surface area contributed by atoms with Gasteiger partial charge in [0.1, 0.15) is 11.5 Å². The number of nitrogens with two attached hydrogens (primary N) is 2. The van der Waals surface area contributed by atoms with Crippen molar-refractivity contribution in [1.82, 2.24) is 9.97 Å². The lowest BCUT2D eigenvalue weighted by Gasteiger charge is -2.16. The van der Waals surface area contributed by atoms with Gasteiger partial charge in [0.25, 0.3) is 16.5 Å². The van der Waals surface area contributed by atoms with Gasteiger partial charge in [0.05, 0.1) is 21.9 Å². The SMILES string of the molecule is CS(=O)(=O)O[C@H](F)c1nc(N)nc(N)c1-c1cccc(Cl)c1Cl. The average molecular weight is 381 g/mol. The van der Waals surface area contributed by atoms with Crippen molar-refractivity contribution in [2.24, 2.45) is 0 Å². The lowest BCUT2D eigenvalue weighted by Crippen LogP contribution is -2.13. The van der Waals surface area contributed by atoms with Gasteiger partial charge in [0.2, 0.25) is 5.95 Å². The Hall–Kier alpha value is -1.68. The van der Waals surface area contributed by atoms with Gasteiger partial charge in [0, 0.05) is 5.56 Å². The number of nitrogens with zero attached hydrogens (tertiary/aromatic N) is 2. The molecule has 0 saturated heterocycles. The molecule has 1 heterocycles. The zero-order chi connectivity index (χ0) is 17.4. The summed E-state index contributed by atoms with van der Waals surface area (Å²) in [5, 5.41) is 0.257. The largest absolute Gasteiger partial charge is 0.383 e. The fourth-order valence-corrected chi connectivity index (χ4v) is 2.64. The first-order chi connectivity index (χ1) is 10.6. The molecule has 0 bridgehead atoms. The van der Waals surface area contributed by atoms with Crippen LogP contribution in [0, 0.1) is 0 Å². The lowest BCUT2D eigenvalue weighted by atomic mass is 10.0. The summed E-state index contributed by atoms with van der Waals surface area (Å²) < 4.78 is 40.9. The zero-order valence-corrected chi connectivity index (χ0v) is 14.0. The molecule has 11 heteroatoms. The van der Waals surface area contributed by atoms with Crippen LogP contribution in [0.2, 0.25) is 10.0 Å². The molecular weight excluding hydrogens is 370 g/mol. The monoisotopic (exact) mass is 380 g/mol. The van der Waals surface area contributed by atoms with Gasteiger partial charge in [-0.05, 0) is 6.07 Å². The Kier molecular flexibility index (Phi) is 4.95. The standard InChI is InChI=1S/C12H11Cl2FN4O3S/c1-23(20,21)22-10(15)9-7(11(16)19-12(17)18-9)5-3-2-4-6(13)8(5)14/h2-4,10H,1H3,(H4,16,17,18,19)/t10-/m0/s1. The normalized spacial score (nSPS) is 13.0. The van der Waals surface area contributed by atoms with E-state index in [2.05, 4.69) is 14.2 Å². The molecule has 0 fully saturated rings. The van der Waals surface area contributed by atoms with Crippen LogP contribution in [-0.2, 0) is 14.3 Å². The van der Waals surface area contributed by atoms with Crippen LogP contribution < -0.4 is 11.5 Å². The molecule has 1 aromatic heterocycles. The van der Waals surface area contributed by atoms with E-state index in [1.165, 1.54) is 12.1 Å². The molecule has 0 spiro atoms. The van der Waals surface area contributed by atoms with Crippen molar-refractivity contribution in [3.05, 3.63) is 33.9 Å². The van der Waals surface area contributed by atoms with E-state index in [0.29, 0.717) is 6.26 Å². The number of alkyl halides is 1. The van der Waals surface area contributed by atoms with Crippen LogP contribution in [0.1, 0.15) is 12.1 Å².